The van der Waals surface area contributed by atoms with Crippen LogP contribution in [0.15, 0.2) is 30.3 Å². The highest BCUT2D eigenvalue weighted by molar-refractivity contribution is 5.74. The van der Waals surface area contributed by atoms with E-state index in [1.807, 2.05) is 37.3 Å². The molecule has 0 aliphatic heterocycles. The van der Waals surface area contributed by atoms with Gasteiger partial charge in [0.05, 0.1) is 12.6 Å². The van der Waals surface area contributed by atoms with Gasteiger partial charge in [-0.1, -0.05) is 50.6 Å². The number of carbonyl (C=O) groups excluding carboxylic acids is 1. The minimum atomic E-state index is -0.262. The van der Waals surface area contributed by atoms with Gasteiger partial charge in [0.15, 0.2) is 0 Å². The van der Waals surface area contributed by atoms with Crippen molar-refractivity contribution in [1.82, 2.24) is 10.6 Å². The van der Waals surface area contributed by atoms with Crippen LogP contribution < -0.4 is 10.6 Å². The van der Waals surface area contributed by atoms with Crippen LogP contribution in [0.3, 0.4) is 0 Å². The average molecular weight is 278 g/mol. The summed E-state index contributed by atoms with van der Waals surface area (Å²) in [5.41, 5.74) is 1.10. The fourth-order valence-electron chi connectivity index (χ4n) is 1.99. The largest absolute Gasteiger partial charge is 0.394 e. The fourth-order valence-corrected chi connectivity index (χ4v) is 1.99. The normalized spacial score (nSPS) is 15.2. The van der Waals surface area contributed by atoms with E-state index >= 15 is 0 Å². The minimum Gasteiger partial charge on any atom is -0.394 e. The molecule has 2 amide bonds. The van der Waals surface area contributed by atoms with Crippen molar-refractivity contribution in [3.8, 4) is 0 Å². The van der Waals surface area contributed by atoms with Crippen molar-refractivity contribution < 1.29 is 9.90 Å². The standard InChI is InChI=1S/C16H26N2O2/c1-4-12(2)13(3)17-16(20)18-15(11-19)10-14-8-6-5-7-9-14/h5-9,12-13,15,19H,4,10-11H2,1-3H3,(H2,17,18,20). The smallest absolute Gasteiger partial charge is 0.315 e. The number of aliphatic hydroxyl groups excluding tert-OH is 1. The highest BCUT2D eigenvalue weighted by Crippen LogP contribution is 2.07. The molecule has 0 saturated heterocycles. The minimum absolute atomic E-state index is 0.0694. The number of carbonyl (C=O) groups is 1. The molecule has 0 aliphatic rings. The van der Waals surface area contributed by atoms with Crippen molar-refractivity contribution in [3.05, 3.63) is 35.9 Å². The van der Waals surface area contributed by atoms with Crippen LogP contribution >= 0.6 is 0 Å². The van der Waals surface area contributed by atoms with Gasteiger partial charge in [-0.25, -0.2) is 4.79 Å². The molecular formula is C16H26N2O2. The molecule has 3 N–H and O–H groups in total. The Hall–Kier alpha value is -1.55. The topological polar surface area (TPSA) is 61.4 Å². The molecule has 0 aromatic heterocycles. The maximum absolute atomic E-state index is 11.9. The predicted molar refractivity (Wildman–Crippen MR) is 81.6 cm³/mol. The Morgan fingerprint density at radius 1 is 1.20 bits per heavy atom. The first-order chi connectivity index (χ1) is 9.56. The van der Waals surface area contributed by atoms with Gasteiger partial charge in [0.2, 0.25) is 0 Å². The van der Waals surface area contributed by atoms with Crippen molar-refractivity contribution in [3.63, 3.8) is 0 Å². The summed E-state index contributed by atoms with van der Waals surface area (Å²) >= 11 is 0. The number of amides is 2. The molecule has 0 fully saturated rings. The molecule has 0 radical (unpaired) electrons. The summed E-state index contributed by atoms with van der Waals surface area (Å²) in [5.74, 6) is 0.433. The SMILES string of the molecule is CCC(C)C(C)NC(=O)NC(CO)Cc1ccccc1. The van der Waals surface area contributed by atoms with Crippen LogP contribution in [0.4, 0.5) is 4.79 Å². The first kappa shape index (κ1) is 16.5. The monoisotopic (exact) mass is 278 g/mol. The second-order valence-corrected chi connectivity index (χ2v) is 5.36. The van der Waals surface area contributed by atoms with Crippen LogP contribution in [-0.4, -0.2) is 29.8 Å². The molecule has 3 unspecified atom stereocenters. The fraction of sp³-hybridized carbons (Fsp3) is 0.562. The van der Waals surface area contributed by atoms with E-state index in [0.29, 0.717) is 12.3 Å². The molecule has 0 saturated carbocycles. The van der Waals surface area contributed by atoms with Gasteiger partial charge in [0.25, 0.3) is 0 Å². The third-order valence-electron chi connectivity index (χ3n) is 3.74. The van der Waals surface area contributed by atoms with Gasteiger partial charge in [-0.2, -0.15) is 0 Å². The summed E-state index contributed by atoms with van der Waals surface area (Å²) in [4.78, 5) is 11.9. The molecule has 0 aliphatic carbocycles. The molecule has 1 aromatic carbocycles. The van der Waals surface area contributed by atoms with Gasteiger partial charge in [-0.15, -0.1) is 0 Å². The molecule has 3 atom stereocenters. The second-order valence-electron chi connectivity index (χ2n) is 5.36. The van der Waals surface area contributed by atoms with Crippen molar-refractivity contribution >= 4 is 6.03 Å². The van der Waals surface area contributed by atoms with Crippen LogP contribution in [-0.2, 0) is 6.42 Å². The van der Waals surface area contributed by atoms with Gasteiger partial charge >= 0.3 is 6.03 Å². The summed E-state index contributed by atoms with van der Waals surface area (Å²) in [6.07, 6.45) is 1.65. The van der Waals surface area contributed by atoms with E-state index in [-0.39, 0.29) is 24.7 Å². The molecule has 20 heavy (non-hydrogen) atoms. The first-order valence-corrected chi connectivity index (χ1v) is 7.28. The summed E-state index contributed by atoms with van der Waals surface area (Å²) in [5, 5.41) is 15.1. The maximum Gasteiger partial charge on any atom is 0.315 e. The Bertz CT molecular complexity index is 395. The van der Waals surface area contributed by atoms with Gasteiger partial charge < -0.3 is 15.7 Å². The third kappa shape index (κ3) is 5.61. The Morgan fingerprint density at radius 3 is 2.40 bits per heavy atom. The first-order valence-electron chi connectivity index (χ1n) is 7.28. The number of nitrogens with one attached hydrogen (secondary N) is 2. The lowest BCUT2D eigenvalue weighted by Gasteiger charge is -2.22. The number of rotatable bonds is 7. The van der Waals surface area contributed by atoms with E-state index in [2.05, 4.69) is 24.5 Å². The number of hydrogen-bond donors (Lipinski definition) is 3. The van der Waals surface area contributed by atoms with Gasteiger partial charge in [-0.3, -0.25) is 0 Å². The molecule has 1 rings (SSSR count). The Labute approximate surface area is 121 Å². The van der Waals surface area contributed by atoms with E-state index in [9.17, 15) is 9.90 Å². The quantitative estimate of drug-likeness (QED) is 0.717. The Kier molecular flexibility index (Phi) is 7.09. The summed E-state index contributed by atoms with van der Waals surface area (Å²) in [6, 6.07) is 9.48. The maximum atomic E-state index is 11.9. The van der Waals surface area contributed by atoms with Crippen LogP contribution in [0, 0.1) is 5.92 Å². The lowest BCUT2D eigenvalue weighted by molar-refractivity contribution is 0.210. The highest BCUT2D eigenvalue weighted by Gasteiger charge is 2.16. The molecule has 4 nitrogen and oxygen atoms in total. The molecule has 0 bridgehead atoms. The van der Waals surface area contributed by atoms with Gasteiger partial charge in [-0.05, 0) is 24.8 Å². The zero-order chi connectivity index (χ0) is 15.0. The van der Waals surface area contributed by atoms with E-state index in [1.165, 1.54) is 0 Å². The predicted octanol–water partition coefficient (Wildman–Crippen LogP) is 2.32. The summed E-state index contributed by atoms with van der Waals surface area (Å²) in [7, 11) is 0. The van der Waals surface area contributed by atoms with Crippen LogP contribution in [0.25, 0.3) is 0 Å². The highest BCUT2D eigenvalue weighted by atomic mass is 16.3. The lowest BCUT2D eigenvalue weighted by Crippen LogP contribution is -2.48. The molecule has 0 spiro atoms. The molecule has 4 heteroatoms. The van der Waals surface area contributed by atoms with Crippen molar-refractivity contribution in [2.75, 3.05) is 6.61 Å². The third-order valence-corrected chi connectivity index (χ3v) is 3.74. The number of hydrogen-bond acceptors (Lipinski definition) is 2. The molecule has 1 aromatic rings. The molecule has 112 valence electrons. The summed E-state index contributed by atoms with van der Waals surface area (Å²) < 4.78 is 0. The zero-order valence-electron chi connectivity index (χ0n) is 12.6. The van der Waals surface area contributed by atoms with E-state index in [4.69, 9.17) is 0 Å². The summed E-state index contributed by atoms with van der Waals surface area (Å²) in [6.45, 7) is 6.14. The number of aliphatic hydroxyl groups is 1. The van der Waals surface area contributed by atoms with E-state index in [0.717, 1.165) is 12.0 Å². The molecule has 0 heterocycles. The van der Waals surface area contributed by atoms with Crippen LogP contribution in [0.2, 0.25) is 0 Å². The zero-order valence-corrected chi connectivity index (χ0v) is 12.6. The number of urea groups is 1. The van der Waals surface area contributed by atoms with Gasteiger partial charge in [0, 0.05) is 6.04 Å². The van der Waals surface area contributed by atoms with Crippen LogP contribution in [0.1, 0.15) is 32.8 Å². The van der Waals surface area contributed by atoms with Crippen molar-refractivity contribution in [1.29, 1.82) is 0 Å². The van der Waals surface area contributed by atoms with E-state index in [1.54, 1.807) is 0 Å². The Balaban J connectivity index is 2.45. The lowest BCUT2D eigenvalue weighted by atomic mass is 10.0. The van der Waals surface area contributed by atoms with E-state index < -0.39 is 0 Å². The Morgan fingerprint density at radius 2 is 1.85 bits per heavy atom. The van der Waals surface area contributed by atoms with Crippen LogP contribution in [0.5, 0.6) is 0 Å². The second kappa shape index (κ2) is 8.59. The number of benzene rings is 1. The molecular weight excluding hydrogens is 252 g/mol. The average Bonchev–Trinajstić information content (AvgIpc) is 2.46. The van der Waals surface area contributed by atoms with Crippen molar-refractivity contribution in [2.24, 2.45) is 5.92 Å². The van der Waals surface area contributed by atoms with Crippen molar-refractivity contribution in [2.45, 2.75) is 45.7 Å². The van der Waals surface area contributed by atoms with Gasteiger partial charge in [0.1, 0.15) is 0 Å².